The predicted molar refractivity (Wildman–Crippen MR) is 120 cm³/mol. The highest BCUT2D eigenvalue weighted by Crippen LogP contribution is 2.25. The minimum Gasteiger partial charge on any atom is -0.489 e. The van der Waals surface area contributed by atoms with Gasteiger partial charge in [-0.2, -0.15) is 11.3 Å². The first-order chi connectivity index (χ1) is 14.2. The van der Waals surface area contributed by atoms with Crippen molar-refractivity contribution in [2.75, 3.05) is 13.2 Å². The molecule has 0 amide bonds. The Balaban J connectivity index is 1.58. The molecule has 2 aromatic carbocycles. The Morgan fingerprint density at radius 2 is 1.97 bits per heavy atom. The van der Waals surface area contributed by atoms with Crippen LogP contribution in [0.5, 0.6) is 5.75 Å². The lowest BCUT2D eigenvalue weighted by molar-refractivity contribution is -0.137. The van der Waals surface area contributed by atoms with Crippen LogP contribution in [0.4, 0.5) is 0 Å². The van der Waals surface area contributed by atoms with Gasteiger partial charge in [0.05, 0.1) is 0 Å². The lowest BCUT2D eigenvalue weighted by atomic mass is 10.1. The highest BCUT2D eigenvalue weighted by atomic mass is 32.1. The molecule has 0 radical (unpaired) electrons. The van der Waals surface area contributed by atoms with Crippen LogP contribution in [0.15, 0.2) is 70.9 Å². The average molecular weight is 410 g/mol. The first kappa shape index (κ1) is 21.1. The number of allylic oxidation sites excluding steroid dienone is 1. The molecule has 0 atom stereocenters. The van der Waals surface area contributed by atoms with Gasteiger partial charge in [-0.3, -0.25) is 4.79 Å². The van der Waals surface area contributed by atoms with E-state index in [0.29, 0.717) is 13.0 Å². The van der Waals surface area contributed by atoms with Gasteiger partial charge in [0.15, 0.2) is 0 Å². The second-order valence-corrected chi connectivity index (χ2v) is 7.78. The third-order valence-electron chi connectivity index (χ3n) is 4.70. The Hall–Kier alpha value is -2.63. The van der Waals surface area contributed by atoms with Gasteiger partial charge in [-0.25, -0.2) is 0 Å². The van der Waals surface area contributed by atoms with Crippen LogP contribution >= 0.6 is 11.3 Å². The SMILES string of the molecule is O=C(O)CCCCC=C(CNCc1ccsc1)COc1cccc2ccccc12. The highest BCUT2D eigenvalue weighted by Gasteiger charge is 2.05. The van der Waals surface area contributed by atoms with Crippen molar-refractivity contribution in [2.24, 2.45) is 0 Å². The van der Waals surface area contributed by atoms with Crippen LogP contribution < -0.4 is 10.1 Å². The van der Waals surface area contributed by atoms with Crippen molar-refractivity contribution >= 4 is 28.1 Å². The third-order valence-corrected chi connectivity index (χ3v) is 5.43. The molecular weight excluding hydrogens is 382 g/mol. The Bertz CT molecular complexity index is 929. The van der Waals surface area contributed by atoms with Crippen LogP contribution in [0.25, 0.3) is 10.8 Å². The molecule has 0 aliphatic rings. The van der Waals surface area contributed by atoms with Crippen LogP contribution in [0.3, 0.4) is 0 Å². The van der Waals surface area contributed by atoms with Gasteiger partial charge in [0.2, 0.25) is 0 Å². The number of ether oxygens (including phenoxy) is 1. The Kier molecular flexibility index (Phi) is 8.28. The number of carbonyl (C=O) groups is 1. The number of rotatable bonds is 12. The van der Waals surface area contributed by atoms with Crippen molar-refractivity contribution in [3.8, 4) is 5.75 Å². The number of hydrogen-bond acceptors (Lipinski definition) is 4. The van der Waals surface area contributed by atoms with E-state index in [4.69, 9.17) is 9.84 Å². The molecule has 152 valence electrons. The molecule has 0 unspecified atom stereocenters. The van der Waals surface area contributed by atoms with E-state index in [1.54, 1.807) is 11.3 Å². The number of fused-ring (bicyclic) bond motifs is 1. The van der Waals surface area contributed by atoms with Gasteiger partial charge in [-0.1, -0.05) is 42.5 Å². The van der Waals surface area contributed by atoms with Gasteiger partial charge in [-0.15, -0.1) is 0 Å². The molecule has 0 bridgehead atoms. The van der Waals surface area contributed by atoms with E-state index in [9.17, 15) is 4.79 Å². The second-order valence-electron chi connectivity index (χ2n) is 7.00. The zero-order valence-corrected chi connectivity index (χ0v) is 17.3. The first-order valence-corrected chi connectivity index (χ1v) is 10.9. The highest BCUT2D eigenvalue weighted by molar-refractivity contribution is 7.07. The number of thiophene rings is 1. The summed E-state index contributed by atoms with van der Waals surface area (Å²) < 4.78 is 6.16. The van der Waals surface area contributed by atoms with Gasteiger partial charge >= 0.3 is 5.97 Å². The fourth-order valence-corrected chi connectivity index (χ4v) is 3.83. The van der Waals surface area contributed by atoms with Crippen molar-refractivity contribution in [1.29, 1.82) is 0 Å². The maximum atomic E-state index is 10.7. The monoisotopic (exact) mass is 409 g/mol. The average Bonchev–Trinajstić information content (AvgIpc) is 3.24. The zero-order chi connectivity index (χ0) is 20.3. The molecule has 0 saturated heterocycles. The van der Waals surface area contributed by atoms with Crippen LogP contribution in [0.1, 0.15) is 31.2 Å². The normalized spacial score (nSPS) is 11.7. The van der Waals surface area contributed by atoms with Gasteiger partial charge in [-0.05, 0) is 58.7 Å². The predicted octanol–water partition coefficient (Wildman–Crippen LogP) is 5.64. The molecule has 0 fully saturated rings. The summed E-state index contributed by atoms with van der Waals surface area (Å²) in [7, 11) is 0. The number of benzene rings is 2. The molecule has 2 N–H and O–H groups in total. The third kappa shape index (κ3) is 7.04. The van der Waals surface area contributed by atoms with Crippen LogP contribution in [0.2, 0.25) is 0 Å². The lowest BCUT2D eigenvalue weighted by Crippen LogP contribution is -2.19. The fraction of sp³-hybridized carbons (Fsp3) is 0.292. The van der Waals surface area contributed by atoms with E-state index in [1.165, 1.54) is 16.5 Å². The molecule has 0 aliphatic heterocycles. The summed E-state index contributed by atoms with van der Waals surface area (Å²) in [4.78, 5) is 10.7. The van der Waals surface area contributed by atoms with Gasteiger partial charge in [0.1, 0.15) is 12.4 Å². The maximum Gasteiger partial charge on any atom is 0.303 e. The lowest BCUT2D eigenvalue weighted by Gasteiger charge is -2.13. The molecule has 3 rings (SSSR count). The molecule has 29 heavy (non-hydrogen) atoms. The second kappa shape index (κ2) is 11.4. The van der Waals surface area contributed by atoms with Gasteiger partial charge < -0.3 is 15.2 Å². The van der Waals surface area contributed by atoms with E-state index in [1.807, 2.05) is 24.3 Å². The van der Waals surface area contributed by atoms with Gasteiger partial charge in [0.25, 0.3) is 0 Å². The summed E-state index contributed by atoms with van der Waals surface area (Å²) in [6.07, 6.45) is 4.85. The molecule has 1 heterocycles. The molecule has 4 nitrogen and oxygen atoms in total. The standard InChI is InChI=1S/C24H27NO3S/c26-24(27)12-3-1-2-7-19(15-25-16-20-13-14-29-18-20)17-28-23-11-6-9-21-8-4-5-10-22(21)23/h4-11,13-14,18,25H,1-3,12,15-17H2,(H,26,27). The first-order valence-electron chi connectivity index (χ1n) is 9.94. The number of hydrogen-bond donors (Lipinski definition) is 2. The van der Waals surface area contributed by atoms with Gasteiger partial charge in [0, 0.05) is 24.9 Å². The molecule has 0 aliphatic carbocycles. The number of nitrogens with one attached hydrogen (secondary N) is 1. The summed E-state index contributed by atoms with van der Waals surface area (Å²) in [5.74, 6) is 0.156. The number of carboxylic acids is 1. The quantitative estimate of drug-likeness (QED) is 0.300. The van der Waals surface area contributed by atoms with Crippen molar-refractivity contribution in [3.05, 3.63) is 76.5 Å². The molecule has 5 heteroatoms. The minimum atomic E-state index is -0.731. The summed E-state index contributed by atoms with van der Waals surface area (Å²) in [6.45, 7) is 2.09. The van der Waals surface area contributed by atoms with Crippen molar-refractivity contribution in [3.63, 3.8) is 0 Å². The number of unbranched alkanes of at least 4 members (excludes halogenated alkanes) is 2. The Morgan fingerprint density at radius 3 is 2.79 bits per heavy atom. The molecule has 1 aromatic heterocycles. The van der Waals surface area contributed by atoms with Crippen molar-refractivity contribution in [1.82, 2.24) is 5.32 Å². The molecule has 0 spiro atoms. The van der Waals surface area contributed by atoms with E-state index in [2.05, 4.69) is 46.4 Å². The topological polar surface area (TPSA) is 58.6 Å². The fourth-order valence-electron chi connectivity index (χ4n) is 3.16. The van der Waals surface area contributed by atoms with Crippen LogP contribution in [-0.2, 0) is 11.3 Å². The molecular formula is C24H27NO3S. The van der Waals surface area contributed by atoms with E-state index < -0.39 is 5.97 Å². The number of aliphatic carboxylic acids is 1. The maximum absolute atomic E-state index is 10.7. The van der Waals surface area contributed by atoms with E-state index in [-0.39, 0.29) is 6.42 Å². The summed E-state index contributed by atoms with van der Waals surface area (Å²) in [5, 5.41) is 18.8. The largest absolute Gasteiger partial charge is 0.489 e. The summed E-state index contributed by atoms with van der Waals surface area (Å²) >= 11 is 1.70. The Morgan fingerprint density at radius 1 is 1.10 bits per heavy atom. The van der Waals surface area contributed by atoms with Crippen molar-refractivity contribution < 1.29 is 14.6 Å². The number of carboxylic acid groups (broad SMARTS) is 1. The smallest absolute Gasteiger partial charge is 0.303 e. The van der Waals surface area contributed by atoms with Crippen molar-refractivity contribution in [2.45, 2.75) is 32.2 Å². The van der Waals surface area contributed by atoms with Crippen LogP contribution in [0, 0.1) is 0 Å². The van der Waals surface area contributed by atoms with Crippen LogP contribution in [-0.4, -0.2) is 24.2 Å². The Labute approximate surface area is 175 Å². The summed E-state index contributed by atoms with van der Waals surface area (Å²) in [6, 6.07) is 16.5. The zero-order valence-electron chi connectivity index (χ0n) is 16.5. The summed E-state index contributed by atoms with van der Waals surface area (Å²) in [5.41, 5.74) is 2.47. The molecule has 0 saturated carbocycles. The minimum absolute atomic E-state index is 0.228. The molecule has 3 aromatic rings. The van der Waals surface area contributed by atoms with E-state index >= 15 is 0 Å². The van der Waals surface area contributed by atoms with E-state index in [0.717, 1.165) is 37.1 Å².